The van der Waals surface area contributed by atoms with E-state index in [1.165, 1.54) is 6.26 Å². The largest absolute Gasteiger partial charge is 0.353 e. The summed E-state index contributed by atoms with van der Waals surface area (Å²) >= 11 is 3.20. The molecule has 4 nitrogen and oxygen atoms in total. The monoisotopic (exact) mass is 299 g/mol. The molecule has 0 spiro atoms. The molecule has 0 aliphatic rings. The van der Waals surface area contributed by atoms with Gasteiger partial charge in [-0.2, -0.15) is 0 Å². The molecule has 0 bridgehead atoms. The molecule has 0 aliphatic heterocycles. The number of nitrogens with one attached hydrogen (secondary N) is 1. The molecule has 1 amide bonds. The third-order valence-corrected chi connectivity index (χ3v) is 4.73. The van der Waals surface area contributed by atoms with Crippen molar-refractivity contribution in [2.45, 2.75) is 36.8 Å². The molecule has 0 radical (unpaired) electrons. The van der Waals surface area contributed by atoms with Crippen LogP contribution in [0.3, 0.4) is 0 Å². The van der Waals surface area contributed by atoms with Crippen molar-refractivity contribution >= 4 is 31.7 Å². The van der Waals surface area contributed by atoms with Crippen molar-refractivity contribution in [3.63, 3.8) is 0 Å². The van der Waals surface area contributed by atoms with Gasteiger partial charge in [-0.05, 0) is 27.7 Å². The second-order valence-electron chi connectivity index (χ2n) is 4.69. The van der Waals surface area contributed by atoms with Gasteiger partial charge in [-0.15, -0.1) is 0 Å². The number of sulfone groups is 1. The highest BCUT2D eigenvalue weighted by atomic mass is 79.9. The third-order valence-electron chi connectivity index (χ3n) is 2.22. The number of halogens is 1. The van der Waals surface area contributed by atoms with E-state index in [1.807, 2.05) is 0 Å². The first-order chi connectivity index (χ1) is 6.38. The Bertz CT molecular complexity index is 341. The van der Waals surface area contributed by atoms with Crippen molar-refractivity contribution in [2.75, 3.05) is 12.8 Å². The molecule has 0 rings (SSSR count). The van der Waals surface area contributed by atoms with Crippen LogP contribution in [-0.2, 0) is 14.6 Å². The summed E-state index contributed by atoms with van der Waals surface area (Å²) in [7, 11) is -3.17. The molecule has 0 aliphatic carbocycles. The summed E-state index contributed by atoms with van der Waals surface area (Å²) < 4.78 is 21.1. The summed E-state index contributed by atoms with van der Waals surface area (Å²) in [5.41, 5.74) is 0. The quantitative estimate of drug-likeness (QED) is 0.791. The number of hydrogen-bond acceptors (Lipinski definition) is 3. The van der Waals surface area contributed by atoms with Gasteiger partial charge in [0.1, 0.15) is 0 Å². The van der Waals surface area contributed by atoms with Gasteiger partial charge in [-0.3, -0.25) is 4.79 Å². The van der Waals surface area contributed by atoms with Crippen LogP contribution in [0.4, 0.5) is 0 Å². The number of carbonyl (C=O) groups excluding carboxylic acids is 1. The number of hydrogen-bond donors (Lipinski definition) is 1. The lowest BCUT2D eigenvalue weighted by molar-refractivity contribution is -0.122. The van der Waals surface area contributed by atoms with E-state index in [9.17, 15) is 13.2 Å². The van der Waals surface area contributed by atoms with Crippen molar-refractivity contribution in [3.8, 4) is 0 Å². The van der Waals surface area contributed by atoms with Crippen LogP contribution in [0.2, 0.25) is 0 Å². The van der Waals surface area contributed by atoms with Gasteiger partial charge < -0.3 is 5.32 Å². The molecule has 15 heavy (non-hydrogen) atoms. The zero-order valence-electron chi connectivity index (χ0n) is 9.72. The Labute approximate surface area is 99.9 Å². The number of rotatable bonds is 4. The fourth-order valence-corrected chi connectivity index (χ4v) is 1.11. The van der Waals surface area contributed by atoms with Gasteiger partial charge in [0.05, 0.1) is 9.07 Å². The minimum absolute atomic E-state index is 0.111. The zero-order chi connectivity index (χ0) is 12.5. The van der Waals surface area contributed by atoms with E-state index < -0.39 is 18.9 Å². The van der Waals surface area contributed by atoms with Crippen molar-refractivity contribution in [2.24, 2.45) is 0 Å². The van der Waals surface area contributed by atoms with Crippen LogP contribution >= 0.6 is 15.9 Å². The molecule has 0 fully saturated rings. The van der Waals surface area contributed by atoms with Gasteiger partial charge in [-0.25, -0.2) is 8.42 Å². The lowest BCUT2D eigenvalue weighted by Crippen LogP contribution is -2.47. The van der Waals surface area contributed by atoms with Gasteiger partial charge in [0.2, 0.25) is 5.91 Å². The third kappa shape index (κ3) is 4.51. The second kappa shape index (κ2) is 4.41. The number of amides is 1. The smallest absolute Gasteiger partial charge is 0.236 e. The molecule has 0 atom stereocenters. The Morgan fingerprint density at radius 3 is 1.93 bits per heavy atom. The van der Waals surface area contributed by atoms with Gasteiger partial charge in [-0.1, -0.05) is 15.9 Å². The highest BCUT2D eigenvalue weighted by molar-refractivity contribution is 9.10. The molecule has 0 saturated heterocycles. The first-order valence-electron chi connectivity index (χ1n) is 4.55. The summed E-state index contributed by atoms with van der Waals surface area (Å²) in [4.78, 5) is 11.5. The average molecular weight is 300 g/mol. The van der Waals surface area contributed by atoms with Crippen LogP contribution in [0, 0.1) is 0 Å². The van der Waals surface area contributed by atoms with Gasteiger partial charge in [0.25, 0.3) is 0 Å². The zero-order valence-corrected chi connectivity index (χ0v) is 12.1. The van der Waals surface area contributed by atoms with Crippen LogP contribution < -0.4 is 5.32 Å². The molecule has 1 N–H and O–H groups in total. The van der Waals surface area contributed by atoms with Crippen LogP contribution in [0.15, 0.2) is 0 Å². The lowest BCUT2D eigenvalue weighted by Gasteiger charge is -2.25. The summed E-state index contributed by atoms with van der Waals surface area (Å²) in [6.45, 7) is 6.69. The van der Waals surface area contributed by atoms with Crippen LogP contribution in [0.1, 0.15) is 27.7 Å². The maximum atomic E-state index is 11.5. The van der Waals surface area contributed by atoms with Gasteiger partial charge in [0.15, 0.2) is 9.84 Å². The maximum absolute atomic E-state index is 11.5. The van der Waals surface area contributed by atoms with Gasteiger partial charge in [0, 0.05) is 12.8 Å². The summed E-state index contributed by atoms with van der Waals surface area (Å²) in [6.07, 6.45) is 1.17. The van der Waals surface area contributed by atoms with Crippen LogP contribution in [0.5, 0.6) is 0 Å². The standard InChI is InChI=1S/C9H18BrNO3S/c1-8(2,15(5,13)14)6-11-7(12)9(3,4)10/h6H2,1-5H3,(H,11,12). The highest BCUT2D eigenvalue weighted by Crippen LogP contribution is 2.17. The Hall–Kier alpha value is -0.100. The molecule has 90 valence electrons. The molecule has 0 unspecified atom stereocenters. The lowest BCUT2D eigenvalue weighted by atomic mass is 10.1. The molecule has 0 heterocycles. The predicted octanol–water partition coefficient (Wildman–Crippen LogP) is 1.10. The van der Waals surface area contributed by atoms with E-state index >= 15 is 0 Å². The predicted molar refractivity (Wildman–Crippen MR) is 64.9 cm³/mol. The van der Waals surface area contributed by atoms with Crippen LogP contribution in [0.25, 0.3) is 0 Å². The van der Waals surface area contributed by atoms with Crippen LogP contribution in [-0.4, -0.2) is 36.2 Å². The van der Waals surface area contributed by atoms with E-state index in [0.29, 0.717) is 0 Å². The second-order valence-corrected chi connectivity index (χ2v) is 9.32. The average Bonchev–Trinajstić information content (AvgIpc) is 1.96. The fraction of sp³-hybridized carbons (Fsp3) is 0.889. The Morgan fingerprint density at radius 2 is 1.67 bits per heavy atom. The summed E-state index contributed by atoms with van der Waals surface area (Å²) in [5.74, 6) is -0.223. The molecule has 0 aromatic heterocycles. The number of carbonyl (C=O) groups is 1. The Morgan fingerprint density at radius 1 is 1.27 bits per heavy atom. The maximum Gasteiger partial charge on any atom is 0.236 e. The van der Waals surface area contributed by atoms with E-state index in [4.69, 9.17) is 0 Å². The first kappa shape index (κ1) is 14.9. The Kier molecular flexibility index (Phi) is 4.38. The summed E-state index contributed by atoms with van der Waals surface area (Å²) in [5, 5.41) is 2.60. The van der Waals surface area contributed by atoms with Crippen molar-refractivity contribution in [1.82, 2.24) is 5.32 Å². The molecule has 0 aromatic rings. The van der Waals surface area contributed by atoms with Crippen molar-refractivity contribution in [1.29, 1.82) is 0 Å². The molecule has 6 heteroatoms. The Balaban J connectivity index is 4.49. The molecular weight excluding hydrogens is 282 g/mol. The highest BCUT2D eigenvalue weighted by Gasteiger charge is 2.32. The minimum atomic E-state index is -3.17. The van der Waals surface area contributed by atoms with E-state index in [-0.39, 0.29) is 12.5 Å². The topological polar surface area (TPSA) is 63.2 Å². The van der Waals surface area contributed by atoms with E-state index in [2.05, 4.69) is 21.2 Å². The number of alkyl halides is 1. The molecule has 0 aromatic carbocycles. The SMILES string of the molecule is CC(C)(Br)C(=O)NCC(C)(C)S(C)(=O)=O. The van der Waals surface area contributed by atoms with E-state index in [1.54, 1.807) is 27.7 Å². The van der Waals surface area contributed by atoms with E-state index in [0.717, 1.165) is 0 Å². The molecule has 0 saturated carbocycles. The summed E-state index contributed by atoms with van der Waals surface area (Å²) in [6, 6.07) is 0. The first-order valence-corrected chi connectivity index (χ1v) is 7.23. The van der Waals surface area contributed by atoms with Crippen molar-refractivity contribution in [3.05, 3.63) is 0 Å². The minimum Gasteiger partial charge on any atom is -0.353 e. The normalized spacial score (nSPS) is 13.7. The van der Waals surface area contributed by atoms with Gasteiger partial charge >= 0.3 is 0 Å². The van der Waals surface area contributed by atoms with Crippen molar-refractivity contribution < 1.29 is 13.2 Å². The fourth-order valence-electron chi connectivity index (χ4n) is 0.634. The molecular formula is C9H18BrNO3S.